The molecule has 0 radical (unpaired) electrons. The van der Waals surface area contributed by atoms with Gasteiger partial charge in [-0.25, -0.2) is 0 Å². The summed E-state index contributed by atoms with van der Waals surface area (Å²) in [5.74, 6) is 1.77. The third-order valence-corrected chi connectivity index (χ3v) is 4.04. The van der Waals surface area contributed by atoms with E-state index in [0.717, 1.165) is 43.7 Å². The molecule has 1 aromatic rings. The molecule has 0 aliphatic carbocycles. The van der Waals surface area contributed by atoms with Crippen molar-refractivity contribution in [3.05, 3.63) is 30.3 Å². The smallest absolute Gasteiger partial charge is 0.119 e. The summed E-state index contributed by atoms with van der Waals surface area (Å²) in [6.45, 7) is 3.21. The van der Waals surface area contributed by atoms with Crippen LogP contribution in [0, 0.1) is 0 Å². The predicted octanol–water partition coefficient (Wildman–Crippen LogP) is 3.94. The van der Waals surface area contributed by atoms with Crippen LogP contribution in [0.3, 0.4) is 0 Å². The van der Waals surface area contributed by atoms with Gasteiger partial charge in [0.05, 0.1) is 6.61 Å². The molecule has 1 fully saturated rings. The minimum atomic E-state index is 0.760. The number of para-hydroxylation sites is 1. The van der Waals surface area contributed by atoms with Gasteiger partial charge < -0.3 is 9.64 Å². The molecule has 0 spiro atoms. The van der Waals surface area contributed by atoms with Crippen LogP contribution in [0.1, 0.15) is 32.1 Å². The number of ether oxygens (including phenoxy) is 1. The molecule has 1 aliphatic rings. The van der Waals surface area contributed by atoms with Crippen molar-refractivity contribution in [1.29, 1.82) is 0 Å². The molecule has 2 rings (SSSR count). The number of benzene rings is 1. The minimum absolute atomic E-state index is 0.760. The highest BCUT2D eigenvalue weighted by molar-refractivity contribution is 6.17. The summed E-state index contributed by atoms with van der Waals surface area (Å²) in [6.07, 6.45) is 6.18. The fraction of sp³-hybridized carbons (Fsp3) is 0.625. The first-order valence-electron chi connectivity index (χ1n) is 7.38. The number of nitrogens with zero attached hydrogens (tertiary/aromatic N) is 1. The molecule has 106 valence electrons. The number of hydrogen-bond acceptors (Lipinski definition) is 2. The lowest BCUT2D eigenvalue weighted by atomic mass is 10.1. The largest absolute Gasteiger partial charge is 0.494 e. The molecule has 1 atom stereocenters. The maximum atomic E-state index is 5.78. The number of alkyl halides is 1. The summed E-state index contributed by atoms with van der Waals surface area (Å²) in [6, 6.07) is 10.8. The fourth-order valence-electron chi connectivity index (χ4n) is 2.80. The second-order valence-electron chi connectivity index (χ2n) is 5.18. The Labute approximate surface area is 121 Å². The Kier molecular flexibility index (Phi) is 6.52. The molecule has 19 heavy (non-hydrogen) atoms. The molecular weight excluding hydrogens is 258 g/mol. The first-order chi connectivity index (χ1) is 9.40. The van der Waals surface area contributed by atoms with Crippen LogP contribution in [-0.4, -0.2) is 36.5 Å². The minimum Gasteiger partial charge on any atom is -0.494 e. The van der Waals surface area contributed by atoms with E-state index in [9.17, 15) is 0 Å². The molecule has 2 nitrogen and oxygen atoms in total. The van der Waals surface area contributed by atoms with Crippen LogP contribution in [0.25, 0.3) is 0 Å². The zero-order valence-corrected chi connectivity index (χ0v) is 12.3. The molecule has 1 heterocycles. The molecule has 1 unspecified atom stereocenters. The average molecular weight is 282 g/mol. The van der Waals surface area contributed by atoms with Gasteiger partial charge in [-0.15, -0.1) is 11.6 Å². The number of likely N-dealkylation sites (tertiary alicyclic amines) is 1. The summed E-state index contributed by atoms with van der Waals surface area (Å²) in [5, 5.41) is 0. The second-order valence-corrected chi connectivity index (χ2v) is 5.56. The highest BCUT2D eigenvalue weighted by Crippen LogP contribution is 2.21. The third-order valence-electron chi connectivity index (χ3n) is 3.77. The first kappa shape index (κ1) is 14.7. The monoisotopic (exact) mass is 281 g/mol. The zero-order valence-electron chi connectivity index (χ0n) is 11.6. The summed E-state index contributed by atoms with van der Waals surface area (Å²) in [7, 11) is 0. The van der Waals surface area contributed by atoms with Crippen molar-refractivity contribution in [1.82, 2.24) is 4.90 Å². The van der Waals surface area contributed by atoms with Crippen LogP contribution >= 0.6 is 11.6 Å². The van der Waals surface area contributed by atoms with E-state index in [1.807, 2.05) is 30.3 Å². The Bertz CT molecular complexity index is 344. The van der Waals surface area contributed by atoms with Crippen molar-refractivity contribution >= 4 is 11.6 Å². The van der Waals surface area contributed by atoms with E-state index in [4.69, 9.17) is 16.3 Å². The standard InChI is InChI=1S/C16H24ClNO/c17-11-4-7-15-8-5-12-18(15)13-6-14-19-16-9-2-1-3-10-16/h1-3,9-10,15H,4-8,11-14H2. The maximum absolute atomic E-state index is 5.78. The molecule has 1 aliphatic heterocycles. The van der Waals surface area contributed by atoms with Crippen LogP contribution in [0.5, 0.6) is 5.75 Å². The molecule has 0 N–H and O–H groups in total. The lowest BCUT2D eigenvalue weighted by molar-refractivity contribution is 0.213. The summed E-state index contributed by atoms with van der Waals surface area (Å²) >= 11 is 5.78. The van der Waals surface area contributed by atoms with E-state index in [2.05, 4.69) is 4.90 Å². The normalized spacial score (nSPS) is 19.7. The van der Waals surface area contributed by atoms with Crippen molar-refractivity contribution < 1.29 is 4.74 Å². The molecule has 0 bridgehead atoms. The topological polar surface area (TPSA) is 12.5 Å². The Morgan fingerprint density at radius 2 is 2.05 bits per heavy atom. The van der Waals surface area contributed by atoms with Gasteiger partial charge in [-0.3, -0.25) is 0 Å². The highest BCUT2D eigenvalue weighted by atomic mass is 35.5. The van der Waals surface area contributed by atoms with Crippen molar-refractivity contribution in [3.63, 3.8) is 0 Å². The second kappa shape index (κ2) is 8.44. The van der Waals surface area contributed by atoms with E-state index in [1.165, 1.54) is 25.8 Å². The van der Waals surface area contributed by atoms with Crippen molar-refractivity contribution in [2.75, 3.05) is 25.6 Å². The van der Waals surface area contributed by atoms with Crippen LogP contribution < -0.4 is 4.74 Å². The van der Waals surface area contributed by atoms with Crippen molar-refractivity contribution in [2.24, 2.45) is 0 Å². The first-order valence-corrected chi connectivity index (χ1v) is 7.91. The van der Waals surface area contributed by atoms with E-state index in [1.54, 1.807) is 0 Å². The third kappa shape index (κ3) is 5.04. The molecule has 0 amide bonds. The lowest BCUT2D eigenvalue weighted by Gasteiger charge is -2.24. The van der Waals surface area contributed by atoms with Crippen molar-refractivity contribution in [2.45, 2.75) is 38.1 Å². The number of hydrogen-bond donors (Lipinski definition) is 0. The molecule has 0 saturated carbocycles. The molecule has 0 aromatic heterocycles. The average Bonchev–Trinajstić information content (AvgIpc) is 2.90. The van der Waals surface area contributed by atoms with Gasteiger partial charge in [0.15, 0.2) is 0 Å². The Hall–Kier alpha value is -0.730. The van der Waals surface area contributed by atoms with Gasteiger partial charge in [-0.2, -0.15) is 0 Å². The molecule has 3 heteroatoms. The SMILES string of the molecule is ClCCCC1CCCN1CCCOc1ccccc1. The van der Waals surface area contributed by atoms with Crippen molar-refractivity contribution in [3.8, 4) is 5.75 Å². The maximum Gasteiger partial charge on any atom is 0.119 e. The molecule has 1 aromatic carbocycles. The summed E-state index contributed by atoms with van der Waals surface area (Å²) < 4.78 is 5.73. The van der Waals surface area contributed by atoms with Crippen LogP contribution in [0.4, 0.5) is 0 Å². The summed E-state index contributed by atoms with van der Waals surface area (Å²) in [5.41, 5.74) is 0. The zero-order chi connectivity index (χ0) is 13.3. The van der Waals surface area contributed by atoms with Gasteiger partial charge >= 0.3 is 0 Å². The van der Waals surface area contributed by atoms with Gasteiger partial charge in [0.1, 0.15) is 5.75 Å². The molecular formula is C16H24ClNO. The van der Waals surface area contributed by atoms with Gasteiger partial charge in [-0.05, 0) is 50.8 Å². The van der Waals surface area contributed by atoms with Gasteiger partial charge in [-0.1, -0.05) is 18.2 Å². The predicted molar refractivity (Wildman–Crippen MR) is 81.1 cm³/mol. The Morgan fingerprint density at radius 3 is 2.84 bits per heavy atom. The quantitative estimate of drug-likeness (QED) is 0.529. The summed E-state index contributed by atoms with van der Waals surface area (Å²) in [4.78, 5) is 2.61. The van der Waals surface area contributed by atoms with E-state index in [-0.39, 0.29) is 0 Å². The fourth-order valence-corrected chi connectivity index (χ4v) is 2.96. The van der Waals surface area contributed by atoms with Gasteiger partial charge in [0, 0.05) is 18.5 Å². The van der Waals surface area contributed by atoms with Crippen LogP contribution in [-0.2, 0) is 0 Å². The van der Waals surface area contributed by atoms with Crippen LogP contribution in [0.15, 0.2) is 30.3 Å². The Balaban J connectivity index is 1.62. The highest BCUT2D eigenvalue weighted by Gasteiger charge is 2.22. The Morgan fingerprint density at radius 1 is 1.21 bits per heavy atom. The van der Waals surface area contributed by atoms with Gasteiger partial charge in [0.25, 0.3) is 0 Å². The van der Waals surface area contributed by atoms with Crippen LogP contribution in [0.2, 0.25) is 0 Å². The lowest BCUT2D eigenvalue weighted by Crippen LogP contribution is -2.31. The van der Waals surface area contributed by atoms with E-state index < -0.39 is 0 Å². The molecule has 1 saturated heterocycles. The van der Waals surface area contributed by atoms with E-state index in [0.29, 0.717) is 0 Å². The van der Waals surface area contributed by atoms with E-state index >= 15 is 0 Å². The van der Waals surface area contributed by atoms with Gasteiger partial charge in [0.2, 0.25) is 0 Å². The number of halogens is 1. The number of rotatable bonds is 8.